The number of fused-ring (bicyclic) bond motifs is 2. The number of hydrogen-bond donors (Lipinski definition) is 1. The second-order valence-electron chi connectivity index (χ2n) is 4.93. The Morgan fingerprint density at radius 3 is 3.06 bits per heavy atom. The molecule has 0 saturated carbocycles. The molecule has 0 radical (unpaired) electrons. The van der Waals surface area contributed by atoms with Crippen molar-refractivity contribution in [2.45, 2.75) is 51.0 Å². The zero-order valence-electron chi connectivity index (χ0n) is 9.67. The number of nitrogens with two attached hydrogens (primary N) is 1. The average Bonchev–Trinajstić information content (AvgIpc) is 3.03. The van der Waals surface area contributed by atoms with Crippen LogP contribution in [0.15, 0.2) is 12.4 Å². The maximum atomic E-state index is 6.32. The highest BCUT2D eigenvalue weighted by Gasteiger charge is 2.43. The minimum Gasteiger partial charge on any atom is -0.375 e. The van der Waals surface area contributed by atoms with Crippen molar-refractivity contribution in [3.8, 4) is 0 Å². The molecule has 3 heterocycles. The average molecular weight is 221 g/mol. The van der Waals surface area contributed by atoms with Crippen LogP contribution in [0.3, 0.4) is 0 Å². The molecule has 0 spiro atoms. The van der Waals surface area contributed by atoms with E-state index >= 15 is 0 Å². The smallest absolute Gasteiger partial charge is 0.0627 e. The zero-order valence-corrected chi connectivity index (χ0v) is 9.67. The number of aromatic nitrogens is 2. The summed E-state index contributed by atoms with van der Waals surface area (Å²) in [6, 6.07) is 0.0931. The molecule has 88 valence electrons. The molecule has 0 amide bonds. The van der Waals surface area contributed by atoms with Crippen LogP contribution in [0.4, 0.5) is 0 Å². The summed E-state index contributed by atoms with van der Waals surface area (Å²) in [5, 5.41) is 4.29. The van der Waals surface area contributed by atoms with Gasteiger partial charge in [0, 0.05) is 30.3 Å². The highest BCUT2D eigenvalue weighted by atomic mass is 16.5. The zero-order chi connectivity index (χ0) is 11.1. The highest BCUT2D eigenvalue weighted by Crippen LogP contribution is 2.43. The molecule has 4 heteroatoms. The minimum atomic E-state index is 0.0931. The minimum absolute atomic E-state index is 0.0931. The molecule has 0 aliphatic carbocycles. The molecule has 2 aliphatic heterocycles. The van der Waals surface area contributed by atoms with Crippen LogP contribution in [0.1, 0.15) is 37.8 Å². The van der Waals surface area contributed by atoms with Gasteiger partial charge in [0.1, 0.15) is 0 Å². The molecule has 1 aromatic rings. The lowest BCUT2D eigenvalue weighted by atomic mass is 9.82. The van der Waals surface area contributed by atoms with Crippen LogP contribution in [-0.2, 0) is 11.3 Å². The Kier molecular flexibility index (Phi) is 2.48. The predicted octanol–water partition coefficient (Wildman–Crippen LogP) is 1.47. The molecule has 2 fully saturated rings. The highest BCUT2D eigenvalue weighted by molar-refractivity contribution is 5.13. The van der Waals surface area contributed by atoms with Gasteiger partial charge in [0.2, 0.25) is 0 Å². The summed E-state index contributed by atoms with van der Waals surface area (Å²) in [5.74, 6) is 0.494. The normalized spacial score (nSPS) is 34.5. The van der Waals surface area contributed by atoms with Crippen molar-refractivity contribution in [2.24, 2.45) is 11.7 Å². The lowest BCUT2D eigenvalue weighted by molar-refractivity contribution is 0.0885. The molecule has 2 N–H and O–H groups in total. The molecule has 3 rings (SSSR count). The van der Waals surface area contributed by atoms with Crippen LogP contribution in [0, 0.1) is 5.92 Å². The molecular weight excluding hydrogens is 202 g/mol. The molecule has 0 aromatic carbocycles. The third kappa shape index (κ3) is 1.57. The molecule has 2 bridgehead atoms. The largest absolute Gasteiger partial charge is 0.375 e. The maximum absolute atomic E-state index is 6.32. The molecule has 4 atom stereocenters. The number of aryl methyl sites for hydroxylation is 1. The van der Waals surface area contributed by atoms with Gasteiger partial charge in [-0.05, 0) is 26.2 Å². The first-order chi connectivity index (χ1) is 7.78. The first kappa shape index (κ1) is 10.3. The van der Waals surface area contributed by atoms with Crippen LogP contribution in [0.25, 0.3) is 0 Å². The fraction of sp³-hybridized carbons (Fsp3) is 0.750. The second kappa shape index (κ2) is 3.86. The van der Waals surface area contributed by atoms with Crippen LogP contribution in [0.2, 0.25) is 0 Å². The van der Waals surface area contributed by atoms with E-state index in [1.54, 1.807) is 0 Å². The van der Waals surface area contributed by atoms with Gasteiger partial charge < -0.3 is 10.5 Å². The van der Waals surface area contributed by atoms with E-state index in [9.17, 15) is 0 Å². The third-order valence-electron chi connectivity index (χ3n) is 3.98. The Hall–Kier alpha value is -0.870. The summed E-state index contributed by atoms with van der Waals surface area (Å²) in [7, 11) is 0. The van der Waals surface area contributed by atoms with Gasteiger partial charge in [-0.25, -0.2) is 0 Å². The van der Waals surface area contributed by atoms with Gasteiger partial charge in [0.05, 0.1) is 18.4 Å². The molecule has 2 saturated heterocycles. The Balaban J connectivity index is 1.75. The van der Waals surface area contributed by atoms with Crippen molar-refractivity contribution in [3.05, 3.63) is 18.0 Å². The van der Waals surface area contributed by atoms with Gasteiger partial charge in [-0.3, -0.25) is 4.68 Å². The topological polar surface area (TPSA) is 53.1 Å². The van der Waals surface area contributed by atoms with Gasteiger partial charge >= 0.3 is 0 Å². The van der Waals surface area contributed by atoms with Crippen molar-refractivity contribution in [2.75, 3.05) is 0 Å². The summed E-state index contributed by atoms with van der Waals surface area (Å²) in [4.78, 5) is 0. The first-order valence-electron chi connectivity index (χ1n) is 6.21. The van der Waals surface area contributed by atoms with E-state index in [-0.39, 0.29) is 6.04 Å². The molecule has 4 unspecified atom stereocenters. The van der Waals surface area contributed by atoms with Crippen LogP contribution in [-0.4, -0.2) is 22.0 Å². The summed E-state index contributed by atoms with van der Waals surface area (Å²) in [6.45, 7) is 2.99. The van der Waals surface area contributed by atoms with Gasteiger partial charge in [0.15, 0.2) is 0 Å². The van der Waals surface area contributed by atoms with Gasteiger partial charge in [-0.15, -0.1) is 0 Å². The Morgan fingerprint density at radius 1 is 1.62 bits per heavy atom. The number of ether oxygens (including phenoxy) is 1. The quantitative estimate of drug-likeness (QED) is 0.841. The SMILES string of the molecule is CCn1cc(C(N)C2CC3CCC2O3)cn1. The van der Waals surface area contributed by atoms with Crippen LogP contribution >= 0.6 is 0 Å². The van der Waals surface area contributed by atoms with Crippen molar-refractivity contribution in [1.82, 2.24) is 9.78 Å². The van der Waals surface area contributed by atoms with Crippen LogP contribution in [0.5, 0.6) is 0 Å². The number of hydrogen-bond acceptors (Lipinski definition) is 3. The summed E-state index contributed by atoms with van der Waals surface area (Å²) >= 11 is 0. The van der Waals surface area contributed by atoms with E-state index in [1.165, 1.54) is 12.8 Å². The summed E-state index contributed by atoms with van der Waals surface area (Å²) in [5.41, 5.74) is 7.48. The van der Waals surface area contributed by atoms with E-state index in [4.69, 9.17) is 10.5 Å². The van der Waals surface area contributed by atoms with E-state index in [0.717, 1.165) is 18.5 Å². The monoisotopic (exact) mass is 221 g/mol. The number of nitrogens with zero attached hydrogens (tertiary/aromatic N) is 2. The van der Waals surface area contributed by atoms with E-state index < -0.39 is 0 Å². The lowest BCUT2D eigenvalue weighted by Crippen LogP contribution is -2.29. The Morgan fingerprint density at radius 2 is 2.50 bits per heavy atom. The summed E-state index contributed by atoms with van der Waals surface area (Å²) < 4.78 is 7.79. The first-order valence-corrected chi connectivity index (χ1v) is 6.21. The lowest BCUT2D eigenvalue weighted by Gasteiger charge is -2.24. The maximum Gasteiger partial charge on any atom is 0.0627 e. The number of rotatable bonds is 3. The van der Waals surface area contributed by atoms with Crippen molar-refractivity contribution in [1.29, 1.82) is 0 Å². The van der Waals surface area contributed by atoms with Crippen molar-refractivity contribution in [3.63, 3.8) is 0 Å². The fourth-order valence-corrected chi connectivity index (χ4v) is 3.03. The van der Waals surface area contributed by atoms with Gasteiger partial charge in [-0.1, -0.05) is 0 Å². The molecular formula is C12H19N3O. The van der Waals surface area contributed by atoms with Gasteiger partial charge in [-0.2, -0.15) is 5.10 Å². The Bertz CT molecular complexity index is 376. The second-order valence-corrected chi connectivity index (χ2v) is 4.93. The van der Waals surface area contributed by atoms with Gasteiger partial charge in [0.25, 0.3) is 0 Å². The third-order valence-corrected chi connectivity index (χ3v) is 3.98. The molecule has 1 aromatic heterocycles. The van der Waals surface area contributed by atoms with E-state index in [2.05, 4.69) is 18.2 Å². The van der Waals surface area contributed by atoms with E-state index in [1.807, 2.05) is 10.9 Å². The van der Waals surface area contributed by atoms with Crippen molar-refractivity contribution < 1.29 is 4.74 Å². The fourth-order valence-electron chi connectivity index (χ4n) is 3.03. The molecule has 2 aliphatic rings. The standard InChI is InChI=1S/C12H19N3O/c1-2-15-7-8(6-14-15)12(13)10-5-9-3-4-11(10)16-9/h6-7,9-12H,2-5,13H2,1H3. The van der Waals surface area contributed by atoms with Crippen molar-refractivity contribution >= 4 is 0 Å². The molecule has 16 heavy (non-hydrogen) atoms. The predicted molar refractivity (Wildman–Crippen MR) is 60.8 cm³/mol. The Labute approximate surface area is 95.8 Å². The summed E-state index contributed by atoms with van der Waals surface area (Å²) in [6.07, 6.45) is 8.37. The molecule has 4 nitrogen and oxygen atoms in total. The van der Waals surface area contributed by atoms with Crippen LogP contribution < -0.4 is 5.73 Å². The van der Waals surface area contributed by atoms with E-state index in [0.29, 0.717) is 18.1 Å².